The molecule has 4 heteroatoms. The van der Waals surface area contributed by atoms with Gasteiger partial charge in [0.05, 0.1) is 0 Å². The zero-order valence-corrected chi connectivity index (χ0v) is 16.6. The smallest absolute Gasteiger partial charge is 0.155 e. The highest BCUT2D eigenvalue weighted by Crippen LogP contribution is 2.63. The van der Waals surface area contributed by atoms with Crippen molar-refractivity contribution in [2.24, 2.45) is 29.1 Å². The van der Waals surface area contributed by atoms with E-state index in [1.807, 2.05) is 6.08 Å². The Morgan fingerprint density at radius 3 is 2.83 bits per heavy atom. The van der Waals surface area contributed by atoms with Crippen LogP contribution in [-0.2, 0) is 4.79 Å². The van der Waals surface area contributed by atoms with E-state index in [2.05, 4.69) is 28.9 Å². The Morgan fingerprint density at radius 2 is 2.08 bits per heavy atom. The molecule has 0 aromatic rings. The van der Waals surface area contributed by atoms with E-state index in [0.29, 0.717) is 39.8 Å². The van der Waals surface area contributed by atoms with Crippen molar-refractivity contribution in [1.29, 1.82) is 0 Å². The molecular formula is C20H26BrClO2. The lowest BCUT2D eigenvalue weighted by Gasteiger charge is -2.60. The van der Waals surface area contributed by atoms with Crippen LogP contribution in [0.5, 0.6) is 0 Å². The first kappa shape index (κ1) is 17.3. The van der Waals surface area contributed by atoms with Crippen LogP contribution in [0.2, 0.25) is 0 Å². The molecule has 0 aromatic carbocycles. The van der Waals surface area contributed by atoms with Crippen molar-refractivity contribution in [3.05, 3.63) is 22.8 Å². The summed E-state index contributed by atoms with van der Waals surface area (Å²) in [6, 6.07) is 0. The minimum absolute atomic E-state index is 0.158. The highest BCUT2D eigenvalue weighted by atomic mass is 79.9. The molecule has 6 atom stereocenters. The van der Waals surface area contributed by atoms with E-state index in [-0.39, 0.29) is 5.41 Å². The van der Waals surface area contributed by atoms with Gasteiger partial charge in [-0.1, -0.05) is 46.1 Å². The SMILES string of the molecule is C[C@]12CC[C@H]3[C@@H](CCC4=CC(=O)CC[C@@H]43)[C@@H]1CC=C(Cl)C2(O)CBr. The van der Waals surface area contributed by atoms with Crippen molar-refractivity contribution >= 4 is 33.3 Å². The van der Waals surface area contributed by atoms with Crippen LogP contribution >= 0.6 is 27.5 Å². The Morgan fingerprint density at radius 1 is 1.29 bits per heavy atom. The quantitative estimate of drug-likeness (QED) is 0.615. The minimum atomic E-state index is -0.943. The molecule has 4 aliphatic rings. The predicted octanol–water partition coefficient (Wildman–Crippen LogP) is 4.99. The molecule has 0 aliphatic heterocycles. The molecule has 0 heterocycles. The molecule has 4 aliphatic carbocycles. The zero-order chi connectivity index (χ0) is 17.1. The Hall–Kier alpha value is -0.120. The second kappa shape index (κ2) is 5.96. The molecule has 2 fully saturated rings. The summed E-state index contributed by atoms with van der Waals surface area (Å²) in [6.45, 7) is 2.25. The molecule has 1 N–H and O–H groups in total. The number of allylic oxidation sites excluding steroid dienone is 3. The molecule has 2 saturated carbocycles. The summed E-state index contributed by atoms with van der Waals surface area (Å²) >= 11 is 10.0. The van der Waals surface area contributed by atoms with Crippen molar-refractivity contribution in [2.45, 2.75) is 57.5 Å². The third-order valence-corrected chi connectivity index (χ3v) is 9.05. The van der Waals surface area contributed by atoms with Crippen molar-refractivity contribution in [3.63, 3.8) is 0 Å². The lowest BCUT2D eigenvalue weighted by molar-refractivity contribution is -0.130. The number of halogens is 2. The van der Waals surface area contributed by atoms with Gasteiger partial charge < -0.3 is 5.11 Å². The Labute approximate surface area is 157 Å². The van der Waals surface area contributed by atoms with Gasteiger partial charge in [-0.3, -0.25) is 4.79 Å². The molecule has 0 saturated heterocycles. The van der Waals surface area contributed by atoms with E-state index in [1.165, 1.54) is 5.57 Å². The van der Waals surface area contributed by atoms with Gasteiger partial charge in [0.15, 0.2) is 5.78 Å². The third-order valence-electron chi connectivity index (χ3n) is 7.77. The molecule has 4 rings (SSSR count). The van der Waals surface area contributed by atoms with Crippen LogP contribution in [0.1, 0.15) is 51.9 Å². The average Bonchev–Trinajstić information content (AvgIpc) is 2.58. The van der Waals surface area contributed by atoms with Gasteiger partial charge >= 0.3 is 0 Å². The van der Waals surface area contributed by atoms with Gasteiger partial charge in [0.2, 0.25) is 0 Å². The second-order valence-corrected chi connectivity index (χ2v) is 9.51. The highest BCUT2D eigenvalue weighted by molar-refractivity contribution is 9.09. The maximum Gasteiger partial charge on any atom is 0.155 e. The van der Waals surface area contributed by atoms with Crippen LogP contribution in [-0.4, -0.2) is 21.8 Å². The first-order valence-electron chi connectivity index (χ1n) is 9.28. The topological polar surface area (TPSA) is 37.3 Å². The third kappa shape index (κ3) is 2.27. The van der Waals surface area contributed by atoms with Crippen molar-refractivity contribution < 1.29 is 9.90 Å². The normalized spacial score (nSPS) is 47.9. The molecule has 24 heavy (non-hydrogen) atoms. The van der Waals surface area contributed by atoms with Crippen LogP contribution in [0.4, 0.5) is 0 Å². The second-order valence-electron chi connectivity index (χ2n) is 8.54. The Kier molecular flexibility index (Phi) is 4.29. The molecular weight excluding hydrogens is 388 g/mol. The largest absolute Gasteiger partial charge is 0.383 e. The first-order chi connectivity index (χ1) is 11.4. The summed E-state index contributed by atoms with van der Waals surface area (Å²) in [5, 5.41) is 12.5. The average molecular weight is 414 g/mol. The molecule has 0 radical (unpaired) electrons. The van der Waals surface area contributed by atoms with Crippen molar-refractivity contribution in [2.75, 3.05) is 5.33 Å². The number of carbonyl (C=O) groups excluding carboxylic acids is 1. The van der Waals surface area contributed by atoms with Gasteiger partial charge in [0.25, 0.3) is 0 Å². The maximum atomic E-state index is 11.8. The number of rotatable bonds is 1. The fourth-order valence-corrected chi connectivity index (χ4v) is 7.81. The van der Waals surface area contributed by atoms with Gasteiger partial charge in [-0.2, -0.15) is 0 Å². The number of hydrogen-bond acceptors (Lipinski definition) is 2. The monoisotopic (exact) mass is 412 g/mol. The van der Waals surface area contributed by atoms with Crippen LogP contribution < -0.4 is 0 Å². The van der Waals surface area contributed by atoms with E-state index in [1.54, 1.807) is 0 Å². The van der Waals surface area contributed by atoms with Gasteiger partial charge in [0, 0.05) is 22.2 Å². The number of hydrogen-bond donors (Lipinski definition) is 1. The Bertz CT molecular complexity index is 627. The number of aliphatic hydroxyl groups is 1. The molecule has 0 spiro atoms. The standard InChI is InChI=1S/C20H26BrClO2/c1-19-9-8-15-14-5-3-13(23)10-12(14)2-4-16(15)17(19)6-7-18(22)20(19,24)11-21/h7,10,14-17,24H,2-6,8-9,11H2,1H3/t14-,15+,16+,17-,19-,20?/m0/s1. The summed E-state index contributed by atoms with van der Waals surface area (Å²) in [7, 11) is 0. The molecule has 0 bridgehead atoms. The van der Waals surface area contributed by atoms with Crippen molar-refractivity contribution in [1.82, 2.24) is 0 Å². The highest BCUT2D eigenvalue weighted by Gasteiger charge is 2.60. The summed E-state index contributed by atoms with van der Waals surface area (Å²) in [5.41, 5.74) is 0.312. The van der Waals surface area contributed by atoms with Crippen LogP contribution in [0.25, 0.3) is 0 Å². The summed E-state index contributed by atoms with van der Waals surface area (Å²) in [4.78, 5) is 11.8. The lowest BCUT2D eigenvalue weighted by atomic mass is 9.46. The number of carbonyl (C=O) groups is 1. The van der Waals surface area contributed by atoms with E-state index in [4.69, 9.17) is 11.6 Å². The van der Waals surface area contributed by atoms with Crippen LogP contribution in [0.3, 0.4) is 0 Å². The Balaban J connectivity index is 1.68. The summed E-state index contributed by atoms with van der Waals surface area (Å²) in [5.74, 6) is 2.73. The first-order valence-corrected chi connectivity index (χ1v) is 10.8. The minimum Gasteiger partial charge on any atom is -0.383 e. The van der Waals surface area contributed by atoms with E-state index in [0.717, 1.165) is 44.9 Å². The molecule has 132 valence electrons. The summed E-state index contributed by atoms with van der Waals surface area (Å²) in [6.07, 6.45) is 11.1. The molecule has 0 aromatic heterocycles. The van der Waals surface area contributed by atoms with Crippen molar-refractivity contribution in [3.8, 4) is 0 Å². The maximum absolute atomic E-state index is 11.8. The van der Waals surface area contributed by atoms with Gasteiger partial charge in [-0.15, -0.1) is 0 Å². The van der Waals surface area contributed by atoms with E-state index < -0.39 is 5.60 Å². The fraction of sp³-hybridized carbons (Fsp3) is 0.750. The van der Waals surface area contributed by atoms with Gasteiger partial charge in [-0.05, 0) is 68.3 Å². The summed E-state index contributed by atoms with van der Waals surface area (Å²) < 4.78 is 0. The molecule has 2 nitrogen and oxygen atoms in total. The van der Waals surface area contributed by atoms with Crippen LogP contribution in [0.15, 0.2) is 22.8 Å². The molecule has 1 unspecified atom stereocenters. The lowest BCUT2D eigenvalue weighted by Crippen LogP contribution is -2.60. The fourth-order valence-electron chi connectivity index (χ4n) is 6.34. The van der Waals surface area contributed by atoms with Gasteiger partial charge in [-0.25, -0.2) is 0 Å². The van der Waals surface area contributed by atoms with E-state index in [9.17, 15) is 9.90 Å². The van der Waals surface area contributed by atoms with Gasteiger partial charge in [0.1, 0.15) is 5.60 Å². The van der Waals surface area contributed by atoms with E-state index >= 15 is 0 Å². The number of ketones is 1. The number of fused-ring (bicyclic) bond motifs is 5. The zero-order valence-electron chi connectivity index (χ0n) is 14.2. The predicted molar refractivity (Wildman–Crippen MR) is 100 cm³/mol. The van der Waals surface area contributed by atoms with Crippen LogP contribution in [0, 0.1) is 29.1 Å². The number of alkyl halides is 1. The molecule has 0 amide bonds.